The van der Waals surface area contributed by atoms with Crippen LogP contribution in [0, 0.1) is 0 Å². The average molecular weight is 337 g/mol. The zero-order valence-corrected chi connectivity index (χ0v) is 14.0. The number of benzene rings is 1. The van der Waals surface area contributed by atoms with Crippen LogP contribution in [0.1, 0.15) is 35.5 Å². The Labute approximate surface area is 144 Å². The number of nitrogens with zero attached hydrogens (tertiary/aromatic N) is 6. The van der Waals surface area contributed by atoms with Gasteiger partial charge in [0, 0.05) is 25.4 Å². The molecule has 0 unspecified atom stereocenters. The molecule has 25 heavy (non-hydrogen) atoms. The van der Waals surface area contributed by atoms with Gasteiger partial charge in [0.1, 0.15) is 11.6 Å². The number of hydrogen-bond acceptors (Lipinski definition) is 5. The van der Waals surface area contributed by atoms with Gasteiger partial charge in [-0.2, -0.15) is 9.90 Å². The van der Waals surface area contributed by atoms with E-state index in [1.165, 1.54) is 11.0 Å². The predicted molar refractivity (Wildman–Crippen MR) is 90.3 cm³/mol. The molecule has 0 saturated heterocycles. The zero-order chi connectivity index (χ0) is 17.2. The van der Waals surface area contributed by atoms with Crippen molar-refractivity contribution < 1.29 is 4.79 Å². The lowest BCUT2D eigenvalue weighted by Gasteiger charge is -2.24. The fourth-order valence-corrected chi connectivity index (χ4v) is 3.07. The molecule has 2 aromatic heterocycles. The van der Waals surface area contributed by atoms with Crippen molar-refractivity contribution in [2.24, 2.45) is 0 Å². The molecule has 3 heterocycles. The highest BCUT2D eigenvalue weighted by atomic mass is 16.2. The Morgan fingerprint density at radius 3 is 2.92 bits per heavy atom. The lowest BCUT2D eigenvalue weighted by Crippen LogP contribution is -2.41. The van der Waals surface area contributed by atoms with E-state index in [1.54, 1.807) is 0 Å². The van der Waals surface area contributed by atoms with Crippen LogP contribution < -0.4 is 5.32 Å². The molecule has 1 atom stereocenters. The fourth-order valence-electron chi connectivity index (χ4n) is 3.07. The van der Waals surface area contributed by atoms with Crippen molar-refractivity contribution in [2.45, 2.75) is 38.8 Å². The highest BCUT2D eigenvalue weighted by Gasteiger charge is 2.24. The van der Waals surface area contributed by atoms with Gasteiger partial charge in [-0.1, -0.05) is 25.1 Å². The summed E-state index contributed by atoms with van der Waals surface area (Å²) in [4.78, 5) is 14.0. The number of para-hydroxylation sites is 1. The van der Waals surface area contributed by atoms with E-state index in [4.69, 9.17) is 0 Å². The summed E-state index contributed by atoms with van der Waals surface area (Å²) in [5.74, 6) is 1.75. The third-order valence-electron chi connectivity index (χ3n) is 4.39. The standard InChI is InChI=1S/C17H19N7O/c1-2-15-20-21-16-9-8-12(11-23(15)16)19-17(25)14-10-18-24(22-14)13-6-4-3-5-7-13/h3-7,10,12H,2,8-9,11H2,1H3,(H,19,25)/t12-/m0/s1. The van der Waals surface area contributed by atoms with Crippen LogP contribution in [0.5, 0.6) is 0 Å². The van der Waals surface area contributed by atoms with Gasteiger partial charge >= 0.3 is 0 Å². The molecule has 0 spiro atoms. The number of rotatable bonds is 4. The summed E-state index contributed by atoms with van der Waals surface area (Å²) in [5.41, 5.74) is 1.13. The molecule has 1 aliphatic rings. The second-order valence-corrected chi connectivity index (χ2v) is 6.06. The number of fused-ring (bicyclic) bond motifs is 1. The minimum atomic E-state index is -0.207. The lowest BCUT2D eigenvalue weighted by molar-refractivity contribution is 0.0921. The lowest BCUT2D eigenvalue weighted by atomic mass is 10.1. The first-order valence-electron chi connectivity index (χ1n) is 8.44. The Balaban J connectivity index is 1.45. The number of nitrogens with one attached hydrogen (secondary N) is 1. The molecule has 0 fully saturated rings. The first-order chi connectivity index (χ1) is 12.2. The Morgan fingerprint density at radius 2 is 2.12 bits per heavy atom. The maximum Gasteiger partial charge on any atom is 0.273 e. The molecular weight excluding hydrogens is 318 g/mol. The van der Waals surface area contributed by atoms with Crippen molar-refractivity contribution in [2.75, 3.05) is 0 Å². The van der Waals surface area contributed by atoms with E-state index in [2.05, 4.69) is 37.2 Å². The van der Waals surface area contributed by atoms with Crippen molar-refractivity contribution in [1.29, 1.82) is 0 Å². The van der Waals surface area contributed by atoms with E-state index in [9.17, 15) is 4.79 Å². The van der Waals surface area contributed by atoms with Crippen LogP contribution in [-0.4, -0.2) is 41.7 Å². The first kappa shape index (κ1) is 15.5. The van der Waals surface area contributed by atoms with Gasteiger partial charge in [0.15, 0.2) is 5.69 Å². The average Bonchev–Trinajstić information content (AvgIpc) is 3.29. The molecule has 0 radical (unpaired) electrons. The topological polar surface area (TPSA) is 90.5 Å². The first-order valence-corrected chi connectivity index (χ1v) is 8.44. The van der Waals surface area contributed by atoms with E-state index < -0.39 is 0 Å². The van der Waals surface area contributed by atoms with E-state index in [0.29, 0.717) is 12.2 Å². The van der Waals surface area contributed by atoms with Crippen LogP contribution in [0.15, 0.2) is 36.5 Å². The van der Waals surface area contributed by atoms with Crippen molar-refractivity contribution in [1.82, 2.24) is 35.1 Å². The maximum absolute atomic E-state index is 12.5. The monoisotopic (exact) mass is 337 g/mol. The summed E-state index contributed by atoms with van der Waals surface area (Å²) in [6, 6.07) is 9.56. The minimum Gasteiger partial charge on any atom is -0.346 e. The minimum absolute atomic E-state index is 0.0446. The van der Waals surface area contributed by atoms with Crippen LogP contribution >= 0.6 is 0 Å². The van der Waals surface area contributed by atoms with Crippen molar-refractivity contribution in [3.63, 3.8) is 0 Å². The quantitative estimate of drug-likeness (QED) is 0.772. The van der Waals surface area contributed by atoms with Gasteiger partial charge < -0.3 is 9.88 Å². The molecule has 1 amide bonds. The highest BCUT2D eigenvalue weighted by Crippen LogP contribution is 2.16. The molecule has 128 valence electrons. The SMILES string of the molecule is CCc1nnc2n1C[C@@H](NC(=O)c1cnn(-c3ccccc3)n1)CC2. The normalized spacial score (nSPS) is 16.4. The van der Waals surface area contributed by atoms with Crippen molar-refractivity contribution in [3.05, 3.63) is 53.9 Å². The van der Waals surface area contributed by atoms with Gasteiger partial charge in [-0.05, 0) is 18.6 Å². The molecule has 8 heteroatoms. The van der Waals surface area contributed by atoms with E-state index in [1.807, 2.05) is 30.3 Å². The summed E-state index contributed by atoms with van der Waals surface area (Å²) in [7, 11) is 0. The molecule has 0 saturated carbocycles. The van der Waals surface area contributed by atoms with Crippen molar-refractivity contribution in [3.8, 4) is 5.69 Å². The summed E-state index contributed by atoms with van der Waals surface area (Å²) >= 11 is 0. The third-order valence-corrected chi connectivity index (χ3v) is 4.39. The van der Waals surface area contributed by atoms with Crippen LogP contribution in [0.2, 0.25) is 0 Å². The molecule has 1 aliphatic heterocycles. The molecule has 0 bridgehead atoms. The third kappa shape index (κ3) is 3.02. The number of amides is 1. The van der Waals surface area contributed by atoms with Gasteiger partial charge in [-0.3, -0.25) is 4.79 Å². The zero-order valence-electron chi connectivity index (χ0n) is 14.0. The molecular formula is C17H19N7O. The smallest absolute Gasteiger partial charge is 0.273 e. The van der Waals surface area contributed by atoms with Crippen LogP contribution in [0.25, 0.3) is 5.69 Å². The van der Waals surface area contributed by atoms with Gasteiger partial charge in [-0.25, -0.2) is 0 Å². The largest absolute Gasteiger partial charge is 0.346 e. The van der Waals surface area contributed by atoms with Gasteiger partial charge in [-0.15, -0.1) is 15.3 Å². The van der Waals surface area contributed by atoms with Crippen LogP contribution in [-0.2, 0) is 19.4 Å². The molecule has 0 aliphatic carbocycles. The molecule has 1 N–H and O–H groups in total. The second kappa shape index (κ2) is 6.46. The van der Waals surface area contributed by atoms with Gasteiger partial charge in [0.25, 0.3) is 5.91 Å². The number of hydrogen-bond donors (Lipinski definition) is 1. The summed E-state index contributed by atoms with van der Waals surface area (Å²) in [5, 5.41) is 19.9. The summed E-state index contributed by atoms with van der Waals surface area (Å²) < 4.78 is 2.11. The van der Waals surface area contributed by atoms with E-state index >= 15 is 0 Å². The fraction of sp³-hybridized carbons (Fsp3) is 0.353. The Kier molecular flexibility index (Phi) is 4.01. The Morgan fingerprint density at radius 1 is 1.28 bits per heavy atom. The molecule has 1 aromatic carbocycles. The predicted octanol–water partition coefficient (Wildman–Crippen LogP) is 1.17. The van der Waals surface area contributed by atoms with Gasteiger partial charge in [0.05, 0.1) is 11.9 Å². The number of aryl methyl sites for hydroxylation is 2. The second-order valence-electron chi connectivity index (χ2n) is 6.06. The van der Waals surface area contributed by atoms with E-state index in [0.717, 1.165) is 36.6 Å². The Hall–Kier alpha value is -3.03. The molecule has 3 aromatic rings. The highest BCUT2D eigenvalue weighted by molar-refractivity contribution is 5.92. The van der Waals surface area contributed by atoms with Crippen LogP contribution in [0.3, 0.4) is 0 Å². The molecule has 8 nitrogen and oxygen atoms in total. The number of carbonyl (C=O) groups excluding carboxylic acids is 1. The number of aromatic nitrogens is 6. The molecule has 4 rings (SSSR count). The van der Waals surface area contributed by atoms with Gasteiger partial charge in [0.2, 0.25) is 0 Å². The van der Waals surface area contributed by atoms with E-state index in [-0.39, 0.29) is 11.9 Å². The summed E-state index contributed by atoms with van der Waals surface area (Å²) in [6.45, 7) is 2.76. The number of carbonyl (C=O) groups is 1. The summed E-state index contributed by atoms with van der Waals surface area (Å²) in [6.07, 6.45) is 3.99. The maximum atomic E-state index is 12.5. The Bertz CT molecular complexity index is 870. The van der Waals surface area contributed by atoms with Crippen LogP contribution in [0.4, 0.5) is 0 Å². The van der Waals surface area contributed by atoms with Crippen molar-refractivity contribution >= 4 is 5.91 Å².